The molecule has 0 saturated carbocycles. The molecule has 0 spiro atoms. The molecule has 1 unspecified atom stereocenters. The average Bonchev–Trinajstić information content (AvgIpc) is 3.18. The molecule has 0 saturated heterocycles. The standard InChI is InChI=1S/C16H22N4O2S.ClH/c1-10(17-2)7-14-19-15(22-20-14)9-18-16(21)13-8-11-5-3-4-6-12(11)23-13;/h8,10,17H,3-7,9H2,1-2H3,(H,18,21);1H. The molecule has 2 aromatic heterocycles. The van der Waals surface area contributed by atoms with Crippen LogP contribution in [0.2, 0.25) is 0 Å². The molecule has 2 N–H and O–H groups in total. The molecule has 2 heterocycles. The fourth-order valence-electron chi connectivity index (χ4n) is 2.67. The molecule has 24 heavy (non-hydrogen) atoms. The van der Waals surface area contributed by atoms with Crippen LogP contribution in [0.5, 0.6) is 0 Å². The van der Waals surface area contributed by atoms with Crippen molar-refractivity contribution in [2.75, 3.05) is 7.05 Å². The Kier molecular flexibility index (Phi) is 6.77. The molecule has 1 atom stereocenters. The number of thiophene rings is 1. The third-order valence-electron chi connectivity index (χ3n) is 4.11. The maximum absolute atomic E-state index is 12.3. The minimum Gasteiger partial charge on any atom is -0.342 e. The minimum atomic E-state index is -0.0623. The van der Waals surface area contributed by atoms with Crippen molar-refractivity contribution in [1.29, 1.82) is 0 Å². The molecule has 8 heteroatoms. The number of fused-ring (bicyclic) bond motifs is 1. The fraction of sp³-hybridized carbons (Fsp3) is 0.562. The van der Waals surface area contributed by atoms with E-state index in [0.29, 0.717) is 18.1 Å². The number of carbonyl (C=O) groups is 1. The predicted molar refractivity (Wildman–Crippen MR) is 95.9 cm³/mol. The van der Waals surface area contributed by atoms with Crippen molar-refractivity contribution in [3.63, 3.8) is 0 Å². The van der Waals surface area contributed by atoms with E-state index in [1.165, 1.54) is 23.3 Å². The van der Waals surface area contributed by atoms with Gasteiger partial charge in [0.15, 0.2) is 5.82 Å². The highest BCUT2D eigenvalue weighted by Crippen LogP contribution is 2.29. The number of halogens is 1. The van der Waals surface area contributed by atoms with Gasteiger partial charge in [0.2, 0.25) is 5.89 Å². The second-order valence-corrected chi connectivity index (χ2v) is 7.08. The minimum absolute atomic E-state index is 0. The van der Waals surface area contributed by atoms with Crippen LogP contribution in [0.3, 0.4) is 0 Å². The lowest BCUT2D eigenvalue weighted by atomic mass is 9.99. The summed E-state index contributed by atoms with van der Waals surface area (Å²) in [7, 11) is 1.90. The number of likely N-dealkylation sites (N-methyl/N-ethyl adjacent to an activating group) is 1. The van der Waals surface area contributed by atoms with E-state index in [9.17, 15) is 4.79 Å². The van der Waals surface area contributed by atoms with Gasteiger partial charge in [-0.1, -0.05) is 5.16 Å². The van der Waals surface area contributed by atoms with Gasteiger partial charge >= 0.3 is 0 Å². The summed E-state index contributed by atoms with van der Waals surface area (Å²) in [5.74, 6) is 1.04. The highest BCUT2D eigenvalue weighted by molar-refractivity contribution is 7.14. The molecule has 0 radical (unpaired) electrons. The zero-order chi connectivity index (χ0) is 16.2. The molecule has 132 valence electrons. The van der Waals surface area contributed by atoms with Crippen LogP contribution in [0.4, 0.5) is 0 Å². The summed E-state index contributed by atoms with van der Waals surface area (Å²) >= 11 is 1.61. The van der Waals surface area contributed by atoms with Gasteiger partial charge in [-0.05, 0) is 51.3 Å². The second kappa shape index (κ2) is 8.60. The van der Waals surface area contributed by atoms with Crippen molar-refractivity contribution in [2.45, 2.75) is 51.6 Å². The van der Waals surface area contributed by atoms with Gasteiger partial charge in [0.25, 0.3) is 5.91 Å². The van der Waals surface area contributed by atoms with Gasteiger partial charge in [0.05, 0.1) is 11.4 Å². The summed E-state index contributed by atoms with van der Waals surface area (Å²) in [5, 5.41) is 9.93. The summed E-state index contributed by atoms with van der Waals surface area (Å²) in [6, 6.07) is 2.31. The number of nitrogens with one attached hydrogen (secondary N) is 2. The van der Waals surface area contributed by atoms with Crippen LogP contribution in [0.1, 0.15) is 51.6 Å². The van der Waals surface area contributed by atoms with Crippen molar-refractivity contribution >= 4 is 29.7 Å². The number of aromatic nitrogens is 2. The van der Waals surface area contributed by atoms with Gasteiger partial charge in [-0.15, -0.1) is 23.7 Å². The number of hydrogen-bond acceptors (Lipinski definition) is 6. The largest absolute Gasteiger partial charge is 0.342 e. The Hall–Kier alpha value is -1.44. The molecule has 0 aromatic carbocycles. The molecular formula is C16H23ClN4O2S. The van der Waals surface area contributed by atoms with E-state index < -0.39 is 0 Å². The van der Waals surface area contributed by atoms with Gasteiger partial charge in [-0.2, -0.15) is 4.98 Å². The van der Waals surface area contributed by atoms with Crippen molar-refractivity contribution < 1.29 is 9.32 Å². The van der Waals surface area contributed by atoms with Crippen molar-refractivity contribution in [3.05, 3.63) is 33.1 Å². The Morgan fingerprint density at radius 3 is 2.96 bits per heavy atom. The Morgan fingerprint density at radius 1 is 1.42 bits per heavy atom. The molecule has 1 aliphatic rings. The van der Waals surface area contributed by atoms with Crippen LogP contribution in [0.15, 0.2) is 10.6 Å². The predicted octanol–water partition coefficient (Wildman–Crippen LogP) is 2.51. The van der Waals surface area contributed by atoms with Gasteiger partial charge in [0.1, 0.15) is 0 Å². The Morgan fingerprint density at radius 2 is 2.21 bits per heavy atom. The number of rotatable bonds is 6. The van der Waals surface area contributed by atoms with E-state index in [2.05, 4.69) is 27.7 Å². The van der Waals surface area contributed by atoms with Gasteiger partial charge in [-0.25, -0.2) is 0 Å². The molecule has 0 aliphatic heterocycles. The molecule has 0 fully saturated rings. The Bertz CT molecular complexity index is 662. The average molecular weight is 371 g/mol. The van der Waals surface area contributed by atoms with Gasteiger partial charge < -0.3 is 15.2 Å². The maximum atomic E-state index is 12.3. The van der Waals surface area contributed by atoms with E-state index in [1.807, 2.05) is 13.1 Å². The topological polar surface area (TPSA) is 80.0 Å². The molecule has 1 aliphatic carbocycles. The van der Waals surface area contributed by atoms with Crippen LogP contribution >= 0.6 is 23.7 Å². The highest BCUT2D eigenvalue weighted by atomic mass is 35.5. The second-order valence-electron chi connectivity index (χ2n) is 5.95. The molecule has 1 amide bonds. The van der Waals surface area contributed by atoms with Crippen molar-refractivity contribution in [1.82, 2.24) is 20.8 Å². The lowest BCUT2D eigenvalue weighted by molar-refractivity contribution is 0.0950. The van der Waals surface area contributed by atoms with Crippen LogP contribution in [-0.2, 0) is 25.8 Å². The quantitative estimate of drug-likeness (QED) is 0.816. The SMILES string of the molecule is CNC(C)Cc1noc(CNC(=O)c2cc3c(s2)CCCC3)n1.Cl. The summed E-state index contributed by atoms with van der Waals surface area (Å²) < 4.78 is 5.18. The third-order valence-corrected chi connectivity index (χ3v) is 5.35. The molecular weight excluding hydrogens is 348 g/mol. The fourth-order valence-corrected chi connectivity index (χ4v) is 3.84. The van der Waals surface area contributed by atoms with E-state index in [0.717, 1.165) is 17.7 Å². The van der Waals surface area contributed by atoms with E-state index in [4.69, 9.17) is 4.52 Å². The number of aryl methyl sites for hydroxylation is 2. The summed E-state index contributed by atoms with van der Waals surface area (Å²) in [6.07, 6.45) is 5.34. The first kappa shape index (κ1) is 18.9. The molecule has 6 nitrogen and oxygen atoms in total. The van der Waals surface area contributed by atoms with E-state index in [-0.39, 0.29) is 30.9 Å². The lowest BCUT2D eigenvalue weighted by Gasteiger charge is -2.08. The number of amides is 1. The number of nitrogens with zero attached hydrogens (tertiary/aromatic N) is 2. The van der Waals surface area contributed by atoms with E-state index >= 15 is 0 Å². The number of hydrogen-bond donors (Lipinski definition) is 2. The molecule has 0 bridgehead atoms. The van der Waals surface area contributed by atoms with Crippen LogP contribution in [-0.4, -0.2) is 29.1 Å². The Labute approximate surface area is 151 Å². The van der Waals surface area contributed by atoms with Crippen molar-refractivity contribution in [2.24, 2.45) is 0 Å². The summed E-state index contributed by atoms with van der Waals surface area (Å²) in [6.45, 7) is 2.32. The first-order chi connectivity index (χ1) is 11.2. The maximum Gasteiger partial charge on any atom is 0.261 e. The first-order valence-corrected chi connectivity index (χ1v) is 8.86. The monoisotopic (exact) mass is 370 g/mol. The third kappa shape index (κ3) is 4.55. The highest BCUT2D eigenvalue weighted by Gasteiger charge is 2.18. The summed E-state index contributed by atoms with van der Waals surface area (Å²) in [5.41, 5.74) is 1.34. The zero-order valence-electron chi connectivity index (χ0n) is 13.9. The molecule has 3 rings (SSSR count). The normalized spacial score (nSPS) is 14.6. The van der Waals surface area contributed by atoms with Crippen LogP contribution in [0, 0.1) is 0 Å². The lowest BCUT2D eigenvalue weighted by Crippen LogP contribution is -2.24. The van der Waals surface area contributed by atoms with Crippen molar-refractivity contribution in [3.8, 4) is 0 Å². The van der Waals surface area contributed by atoms with E-state index in [1.54, 1.807) is 11.3 Å². The van der Waals surface area contributed by atoms with Gasteiger partial charge in [0, 0.05) is 17.3 Å². The Balaban J connectivity index is 0.00000208. The zero-order valence-corrected chi connectivity index (χ0v) is 15.6. The number of carbonyl (C=O) groups excluding carboxylic acids is 1. The van der Waals surface area contributed by atoms with Crippen LogP contribution < -0.4 is 10.6 Å². The first-order valence-electron chi connectivity index (χ1n) is 8.04. The summed E-state index contributed by atoms with van der Waals surface area (Å²) in [4.78, 5) is 18.7. The smallest absolute Gasteiger partial charge is 0.261 e. The molecule has 2 aromatic rings. The van der Waals surface area contributed by atoms with Crippen LogP contribution in [0.25, 0.3) is 0 Å². The van der Waals surface area contributed by atoms with Gasteiger partial charge in [-0.3, -0.25) is 4.79 Å².